The molecule has 0 spiro atoms. The maximum atomic E-state index is 12.7. The first-order chi connectivity index (χ1) is 11.2. The summed E-state index contributed by atoms with van der Waals surface area (Å²) in [5, 5.41) is 1.32. The Bertz CT molecular complexity index is 779. The molecule has 0 bridgehead atoms. The molecule has 1 fully saturated rings. The number of carbonyl (C=O) groups is 1. The van der Waals surface area contributed by atoms with Crippen molar-refractivity contribution < 1.29 is 4.79 Å². The molecule has 1 amide bonds. The van der Waals surface area contributed by atoms with Gasteiger partial charge in [-0.1, -0.05) is 23.9 Å². The van der Waals surface area contributed by atoms with Crippen LogP contribution in [0.5, 0.6) is 0 Å². The van der Waals surface area contributed by atoms with Crippen molar-refractivity contribution in [2.45, 2.75) is 37.9 Å². The van der Waals surface area contributed by atoms with Crippen LogP contribution in [-0.4, -0.2) is 39.2 Å². The molecule has 0 saturated heterocycles. The number of amides is 1. The number of nitrogens with zero attached hydrogens (tertiary/aromatic N) is 3. The second kappa shape index (κ2) is 6.74. The highest BCUT2D eigenvalue weighted by Gasteiger charge is 2.28. The Balaban J connectivity index is 1.92. The molecule has 1 aliphatic carbocycles. The highest BCUT2D eigenvalue weighted by atomic mass is 32.2. The topological polar surface area (TPSA) is 55.2 Å². The SMILES string of the molecule is CCN(CC)C(=O)CSc1nc2ccccc2c(=O)n1C1CC1. The highest BCUT2D eigenvalue weighted by Crippen LogP contribution is 2.36. The lowest BCUT2D eigenvalue weighted by molar-refractivity contribution is -0.127. The molecule has 0 aliphatic heterocycles. The summed E-state index contributed by atoms with van der Waals surface area (Å²) in [5.74, 6) is 0.406. The van der Waals surface area contributed by atoms with E-state index in [-0.39, 0.29) is 17.5 Å². The number of thioether (sulfide) groups is 1. The van der Waals surface area contributed by atoms with E-state index in [0.29, 0.717) is 34.9 Å². The van der Waals surface area contributed by atoms with Gasteiger partial charge in [0.05, 0.1) is 16.7 Å². The van der Waals surface area contributed by atoms with Crippen molar-refractivity contribution in [3.63, 3.8) is 0 Å². The molecule has 3 rings (SSSR count). The summed E-state index contributed by atoms with van der Waals surface area (Å²) in [7, 11) is 0. The molecule has 122 valence electrons. The quantitative estimate of drug-likeness (QED) is 0.603. The van der Waals surface area contributed by atoms with Gasteiger partial charge in [-0.05, 0) is 38.8 Å². The molecule has 2 aromatic rings. The predicted octanol–water partition coefficient (Wildman–Crippen LogP) is 2.69. The van der Waals surface area contributed by atoms with Crippen LogP contribution in [-0.2, 0) is 4.79 Å². The fourth-order valence-corrected chi connectivity index (χ4v) is 3.65. The predicted molar refractivity (Wildman–Crippen MR) is 92.9 cm³/mol. The van der Waals surface area contributed by atoms with Gasteiger partial charge in [-0.15, -0.1) is 0 Å². The van der Waals surface area contributed by atoms with E-state index in [9.17, 15) is 9.59 Å². The number of benzene rings is 1. The summed E-state index contributed by atoms with van der Waals surface area (Å²) in [5.41, 5.74) is 0.711. The van der Waals surface area contributed by atoms with Crippen LogP contribution < -0.4 is 5.56 Å². The van der Waals surface area contributed by atoms with E-state index in [1.807, 2.05) is 38.1 Å². The summed E-state index contributed by atoms with van der Waals surface area (Å²) in [6.07, 6.45) is 2.02. The van der Waals surface area contributed by atoms with Crippen LogP contribution in [0.3, 0.4) is 0 Å². The second-order valence-corrected chi connectivity index (χ2v) is 6.62. The van der Waals surface area contributed by atoms with Gasteiger partial charge >= 0.3 is 0 Å². The molecular formula is C17H21N3O2S. The van der Waals surface area contributed by atoms with Gasteiger partial charge in [-0.3, -0.25) is 14.2 Å². The third kappa shape index (κ3) is 3.27. The van der Waals surface area contributed by atoms with Crippen LogP contribution in [0.1, 0.15) is 32.7 Å². The van der Waals surface area contributed by atoms with Gasteiger partial charge in [0, 0.05) is 19.1 Å². The van der Waals surface area contributed by atoms with Crippen LogP contribution >= 0.6 is 11.8 Å². The number of hydrogen-bond donors (Lipinski definition) is 0. The Kier molecular flexibility index (Phi) is 4.71. The zero-order valence-corrected chi connectivity index (χ0v) is 14.3. The van der Waals surface area contributed by atoms with Gasteiger partial charge in [-0.2, -0.15) is 0 Å². The van der Waals surface area contributed by atoms with E-state index in [1.165, 1.54) is 11.8 Å². The van der Waals surface area contributed by atoms with Crippen LogP contribution in [0, 0.1) is 0 Å². The van der Waals surface area contributed by atoms with Crippen LogP contribution in [0.25, 0.3) is 10.9 Å². The highest BCUT2D eigenvalue weighted by molar-refractivity contribution is 7.99. The number of rotatable bonds is 6. The molecule has 0 unspecified atom stereocenters. The molecule has 6 heteroatoms. The van der Waals surface area contributed by atoms with E-state index in [0.717, 1.165) is 12.8 Å². The van der Waals surface area contributed by atoms with Crippen LogP contribution in [0.15, 0.2) is 34.2 Å². The maximum Gasteiger partial charge on any atom is 0.262 e. The fourth-order valence-electron chi connectivity index (χ4n) is 2.68. The lowest BCUT2D eigenvalue weighted by atomic mass is 10.2. The third-order valence-corrected chi connectivity index (χ3v) is 5.07. The zero-order valence-electron chi connectivity index (χ0n) is 13.5. The van der Waals surface area contributed by atoms with Gasteiger partial charge in [0.15, 0.2) is 5.16 Å². The van der Waals surface area contributed by atoms with Crippen molar-refractivity contribution in [1.29, 1.82) is 0 Å². The Labute approximate surface area is 139 Å². The summed E-state index contributed by atoms with van der Waals surface area (Å²) in [4.78, 5) is 31.4. The summed E-state index contributed by atoms with van der Waals surface area (Å²) >= 11 is 1.37. The molecule has 0 radical (unpaired) electrons. The number of fused-ring (bicyclic) bond motifs is 1. The van der Waals surface area contributed by atoms with Crippen molar-refractivity contribution >= 4 is 28.6 Å². The minimum Gasteiger partial charge on any atom is -0.343 e. The molecule has 0 atom stereocenters. The van der Waals surface area contributed by atoms with E-state index in [2.05, 4.69) is 4.98 Å². The number of hydrogen-bond acceptors (Lipinski definition) is 4. The normalized spacial score (nSPS) is 14.2. The van der Waals surface area contributed by atoms with Crippen molar-refractivity contribution in [3.8, 4) is 0 Å². The van der Waals surface area contributed by atoms with Crippen molar-refractivity contribution in [3.05, 3.63) is 34.6 Å². The van der Waals surface area contributed by atoms with E-state index in [4.69, 9.17) is 0 Å². The lowest BCUT2D eigenvalue weighted by Crippen LogP contribution is -2.32. The van der Waals surface area contributed by atoms with Crippen molar-refractivity contribution in [2.75, 3.05) is 18.8 Å². The van der Waals surface area contributed by atoms with Gasteiger partial charge in [0.2, 0.25) is 5.91 Å². The molecule has 5 nitrogen and oxygen atoms in total. The van der Waals surface area contributed by atoms with Crippen LogP contribution in [0.4, 0.5) is 0 Å². The van der Waals surface area contributed by atoms with Crippen molar-refractivity contribution in [1.82, 2.24) is 14.5 Å². The smallest absolute Gasteiger partial charge is 0.262 e. The van der Waals surface area contributed by atoms with Gasteiger partial charge in [0.25, 0.3) is 5.56 Å². The molecular weight excluding hydrogens is 310 g/mol. The average Bonchev–Trinajstić information content (AvgIpc) is 3.39. The molecule has 1 saturated carbocycles. The van der Waals surface area contributed by atoms with Gasteiger partial charge in [0.1, 0.15) is 0 Å². The Morgan fingerprint density at radius 2 is 2.00 bits per heavy atom. The lowest BCUT2D eigenvalue weighted by Gasteiger charge is -2.18. The molecule has 0 N–H and O–H groups in total. The summed E-state index contributed by atoms with van der Waals surface area (Å²) in [6.45, 7) is 5.36. The standard InChI is InChI=1S/C17H21N3O2S/c1-3-19(4-2)15(21)11-23-17-18-14-8-6-5-7-13(14)16(22)20(17)12-9-10-12/h5-8,12H,3-4,9-11H2,1-2H3. The van der Waals surface area contributed by atoms with E-state index < -0.39 is 0 Å². The fraction of sp³-hybridized carbons (Fsp3) is 0.471. The first-order valence-corrected chi connectivity index (χ1v) is 9.06. The molecule has 23 heavy (non-hydrogen) atoms. The minimum atomic E-state index is 0.0101. The zero-order chi connectivity index (χ0) is 16.4. The first-order valence-electron chi connectivity index (χ1n) is 8.07. The number of para-hydroxylation sites is 1. The largest absolute Gasteiger partial charge is 0.343 e. The Hall–Kier alpha value is -1.82. The Morgan fingerprint density at radius 3 is 2.65 bits per heavy atom. The molecule has 1 aromatic carbocycles. The summed E-state index contributed by atoms with van der Waals surface area (Å²) in [6, 6.07) is 7.65. The van der Waals surface area contributed by atoms with E-state index >= 15 is 0 Å². The monoisotopic (exact) mass is 331 g/mol. The van der Waals surface area contributed by atoms with Crippen LogP contribution in [0.2, 0.25) is 0 Å². The average molecular weight is 331 g/mol. The van der Waals surface area contributed by atoms with E-state index in [1.54, 1.807) is 9.47 Å². The van der Waals surface area contributed by atoms with Crippen molar-refractivity contribution in [2.24, 2.45) is 0 Å². The molecule has 1 heterocycles. The third-order valence-electron chi connectivity index (χ3n) is 4.13. The number of aromatic nitrogens is 2. The first kappa shape index (κ1) is 16.1. The second-order valence-electron chi connectivity index (χ2n) is 5.67. The van der Waals surface area contributed by atoms with Gasteiger partial charge in [-0.25, -0.2) is 4.98 Å². The summed E-state index contributed by atoms with van der Waals surface area (Å²) < 4.78 is 1.78. The van der Waals surface area contributed by atoms with Gasteiger partial charge < -0.3 is 4.90 Å². The minimum absolute atomic E-state index is 0.0101. The molecule has 1 aliphatic rings. The molecule has 1 aromatic heterocycles. The number of carbonyl (C=O) groups excluding carboxylic acids is 1. The Morgan fingerprint density at radius 1 is 1.30 bits per heavy atom. The maximum absolute atomic E-state index is 12.7.